The number of imidazole rings is 1. The van der Waals surface area contributed by atoms with E-state index in [4.69, 9.17) is 5.73 Å². The number of likely N-dealkylation sites (N-methyl/N-ethyl adjacent to an activating group) is 1. The Hall–Kier alpha value is -0.870. The van der Waals surface area contributed by atoms with E-state index in [0.717, 1.165) is 18.8 Å². The SMILES string of the molecule is CCN1CCCC(n2cncc2C(C)N)C1. The molecule has 0 bridgehead atoms. The summed E-state index contributed by atoms with van der Waals surface area (Å²) in [5, 5.41) is 0. The van der Waals surface area contributed by atoms with E-state index in [1.54, 1.807) is 0 Å². The Morgan fingerprint density at radius 3 is 3.12 bits per heavy atom. The molecule has 90 valence electrons. The number of hydrogen-bond donors (Lipinski definition) is 1. The molecule has 2 rings (SSSR count). The topological polar surface area (TPSA) is 47.1 Å². The molecular formula is C12H22N4. The van der Waals surface area contributed by atoms with Gasteiger partial charge in [-0.25, -0.2) is 4.98 Å². The average molecular weight is 222 g/mol. The van der Waals surface area contributed by atoms with Crippen LogP contribution >= 0.6 is 0 Å². The predicted octanol–water partition coefficient (Wildman–Crippen LogP) is 1.56. The van der Waals surface area contributed by atoms with Gasteiger partial charge in [-0.15, -0.1) is 0 Å². The molecule has 0 aliphatic carbocycles. The zero-order valence-corrected chi connectivity index (χ0v) is 10.3. The van der Waals surface area contributed by atoms with Crippen LogP contribution in [-0.4, -0.2) is 34.1 Å². The van der Waals surface area contributed by atoms with E-state index in [2.05, 4.69) is 21.4 Å². The molecule has 0 amide bonds. The van der Waals surface area contributed by atoms with Crippen molar-refractivity contribution in [2.45, 2.75) is 38.8 Å². The Bertz CT molecular complexity index is 332. The summed E-state index contributed by atoms with van der Waals surface area (Å²) < 4.78 is 2.27. The van der Waals surface area contributed by atoms with Gasteiger partial charge in [0.1, 0.15) is 0 Å². The lowest BCUT2D eigenvalue weighted by molar-refractivity contribution is 0.183. The summed E-state index contributed by atoms with van der Waals surface area (Å²) in [5.41, 5.74) is 7.11. The molecule has 4 nitrogen and oxygen atoms in total. The zero-order chi connectivity index (χ0) is 11.5. The average Bonchev–Trinajstić information content (AvgIpc) is 2.78. The van der Waals surface area contributed by atoms with Gasteiger partial charge in [0.25, 0.3) is 0 Å². The molecular weight excluding hydrogens is 200 g/mol. The first-order chi connectivity index (χ1) is 7.72. The van der Waals surface area contributed by atoms with E-state index < -0.39 is 0 Å². The van der Waals surface area contributed by atoms with E-state index in [-0.39, 0.29) is 6.04 Å². The fraction of sp³-hybridized carbons (Fsp3) is 0.750. The molecule has 2 N–H and O–H groups in total. The minimum atomic E-state index is 0.0690. The number of nitrogens with two attached hydrogens (primary N) is 1. The molecule has 2 atom stereocenters. The molecule has 1 aliphatic heterocycles. The van der Waals surface area contributed by atoms with Crippen LogP contribution in [0.2, 0.25) is 0 Å². The summed E-state index contributed by atoms with van der Waals surface area (Å²) in [6, 6.07) is 0.622. The summed E-state index contributed by atoms with van der Waals surface area (Å²) in [4.78, 5) is 6.73. The monoisotopic (exact) mass is 222 g/mol. The molecule has 1 aromatic heterocycles. The number of likely N-dealkylation sites (tertiary alicyclic amines) is 1. The lowest BCUT2D eigenvalue weighted by Crippen LogP contribution is -2.37. The minimum absolute atomic E-state index is 0.0690. The highest BCUT2D eigenvalue weighted by molar-refractivity contribution is 5.05. The van der Waals surface area contributed by atoms with Crippen molar-refractivity contribution in [3.05, 3.63) is 18.2 Å². The highest BCUT2D eigenvalue weighted by Crippen LogP contribution is 2.24. The van der Waals surface area contributed by atoms with Crippen molar-refractivity contribution in [1.82, 2.24) is 14.5 Å². The van der Waals surface area contributed by atoms with Gasteiger partial charge in [-0.3, -0.25) is 0 Å². The fourth-order valence-corrected chi connectivity index (χ4v) is 2.52. The maximum Gasteiger partial charge on any atom is 0.0951 e. The second-order valence-electron chi connectivity index (χ2n) is 4.70. The van der Waals surface area contributed by atoms with E-state index >= 15 is 0 Å². The van der Waals surface area contributed by atoms with Crippen molar-refractivity contribution in [3.8, 4) is 0 Å². The second-order valence-corrected chi connectivity index (χ2v) is 4.70. The highest BCUT2D eigenvalue weighted by Gasteiger charge is 2.22. The summed E-state index contributed by atoms with van der Waals surface area (Å²) >= 11 is 0. The van der Waals surface area contributed by atoms with Crippen LogP contribution in [0.15, 0.2) is 12.5 Å². The van der Waals surface area contributed by atoms with Crippen LogP contribution in [0.1, 0.15) is 44.5 Å². The summed E-state index contributed by atoms with van der Waals surface area (Å²) in [6.45, 7) is 7.75. The van der Waals surface area contributed by atoms with Gasteiger partial charge in [0.2, 0.25) is 0 Å². The number of aromatic nitrogens is 2. The summed E-state index contributed by atoms with van der Waals surface area (Å²) in [5.74, 6) is 0. The van der Waals surface area contributed by atoms with Gasteiger partial charge >= 0.3 is 0 Å². The third kappa shape index (κ3) is 2.28. The normalized spacial score (nSPS) is 24.6. The van der Waals surface area contributed by atoms with Crippen LogP contribution in [-0.2, 0) is 0 Å². The largest absolute Gasteiger partial charge is 0.329 e. The fourth-order valence-electron chi connectivity index (χ4n) is 2.52. The Morgan fingerprint density at radius 1 is 1.62 bits per heavy atom. The first kappa shape index (κ1) is 11.6. The van der Waals surface area contributed by atoms with Gasteiger partial charge in [0.05, 0.1) is 12.0 Å². The van der Waals surface area contributed by atoms with Crippen LogP contribution in [0, 0.1) is 0 Å². The summed E-state index contributed by atoms with van der Waals surface area (Å²) in [6.07, 6.45) is 6.35. The zero-order valence-electron chi connectivity index (χ0n) is 10.3. The predicted molar refractivity (Wildman–Crippen MR) is 65.2 cm³/mol. The van der Waals surface area contributed by atoms with Crippen LogP contribution in [0.25, 0.3) is 0 Å². The Labute approximate surface area is 97.4 Å². The van der Waals surface area contributed by atoms with Crippen LogP contribution in [0.5, 0.6) is 0 Å². The van der Waals surface area contributed by atoms with E-state index in [1.165, 1.54) is 19.4 Å². The Balaban J connectivity index is 2.13. The van der Waals surface area contributed by atoms with E-state index in [9.17, 15) is 0 Å². The van der Waals surface area contributed by atoms with E-state index in [1.807, 2.05) is 19.4 Å². The van der Waals surface area contributed by atoms with Gasteiger partial charge in [-0.1, -0.05) is 6.92 Å². The smallest absolute Gasteiger partial charge is 0.0951 e. The lowest BCUT2D eigenvalue weighted by Gasteiger charge is -2.33. The van der Waals surface area contributed by atoms with Crippen LogP contribution in [0.4, 0.5) is 0 Å². The van der Waals surface area contributed by atoms with Crippen molar-refractivity contribution in [1.29, 1.82) is 0 Å². The third-order valence-electron chi connectivity index (χ3n) is 3.48. The number of rotatable bonds is 3. The molecule has 16 heavy (non-hydrogen) atoms. The highest BCUT2D eigenvalue weighted by atomic mass is 15.2. The second kappa shape index (κ2) is 4.97. The molecule has 1 aliphatic rings. The molecule has 4 heteroatoms. The summed E-state index contributed by atoms with van der Waals surface area (Å²) in [7, 11) is 0. The van der Waals surface area contributed by atoms with Gasteiger partial charge < -0.3 is 15.2 Å². The molecule has 0 aromatic carbocycles. The van der Waals surface area contributed by atoms with Crippen molar-refractivity contribution >= 4 is 0 Å². The van der Waals surface area contributed by atoms with Crippen molar-refractivity contribution < 1.29 is 0 Å². The Morgan fingerprint density at radius 2 is 2.44 bits per heavy atom. The minimum Gasteiger partial charge on any atom is -0.329 e. The molecule has 0 radical (unpaired) electrons. The molecule has 1 fully saturated rings. The standard InChI is InChI=1S/C12H22N4/c1-3-15-6-4-5-11(8-15)16-9-14-7-12(16)10(2)13/h7,9-11H,3-6,8,13H2,1-2H3. The third-order valence-corrected chi connectivity index (χ3v) is 3.48. The first-order valence-corrected chi connectivity index (χ1v) is 6.22. The van der Waals surface area contributed by atoms with Gasteiger partial charge in [0.15, 0.2) is 0 Å². The van der Waals surface area contributed by atoms with E-state index in [0.29, 0.717) is 6.04 Å². The van der Waals surface area contributed by atoms with Crippen LogP contribution < -0.4 is 5.73 Å². The maximum atomic E-state index is 5.96. The Kier molecular flexibility index (Phi) is 3.61. The first-order valence-electron chi connectivity index (χ1n) is 6.22. The molecule has 1 aromatic rings. The lowest BCUT2D eigenvalue weighted by atomic mass is 10.0. The van der Waals surface area contributed by atoms with Crippen molar-refractivity contribution in [2.75, 3.05) is 19.6 Å². The number of hydrogen-bond acceptors (Lipinski definition) is 3. The van der Waals surface area contributed by atoms with Crippen molar-refractivity contribution in [2.24, 2.45) is 5.73 Å². The van der Waals surface area contributed by atoms with Crippen LogP contribution in [0.3, 0.4) is 0 Å². The molecule has 0 saturated carbocycles. The molecule has 1 saturated heterocycles. The maximum absolute atomic E-state index is 5.96. The molecule has 2 heterocycles. The van der Waals surface area contributed by atoms with Gasteiger partial charge in [-0.2, -0.15) is 0 Å². The molecule has 2 unspecified atom stereocenters. The quantitative estimate of drug-likeness (QED) is 0.844. The molecule has 0 spiro atoms. The number of nitrogens with zero attached hydrogens (tertiary/aromatic N) is 3. The van der Waals surface area contributed by atoms with Gasteiger partial charge in [-0.05, 0) is 32.9 Å². The van der Waals surface area contributed by atoms with Crippen molar-refractivity contribution in [3.63, 3.8) is 0 Å². The van der Waals surface area contributed by atoms with Gasteiger partial charge in [0, 0.05) is 24.8 Å². The number of piperidine rings is 1.